The standard InChI is InChI=1S/C17H23N3/c1-13(2)20-12-18-10-17(20)11-19-16-8-7-14-5-3-4-6-15(14)9-16/h3-6,10,12-13,16,19H,7-9,11H2,1-2H3. The van der Waals surface area contributed by atoms with E-state index in [9.17, 15) is 0 Å². The molecule has 1 heterocycles. The molecule has 0 saturated heterocycles. The lowest BCUT2D eigenvalue weighted by Gasteiger charge is -2.26. The van der Waals surface area contributed by atoms with Crippen molar-refractivity contribution < 1.29 is 0 Å². The van der Waals surface area contributed by atoms with Gasteiger partial charge in [0.2, 0.25) is 0 Å². The summed E-state index contributed by atoms with van der Waals surface area (Å²) >= 11 is 0. The van der Waals surface area contributed by atoms with E-state index in [0.717, 1.165) is 13.0 Å². The number of fused-ring (bicyclic) bond motifs is 1. The van der Waals surface area contributed by atoms with E-state index in [4.69, 9.17) is 0 Å². The maximum Gasteiger partial charge on any atom is 0.0951 e. The SMILES string of the molecule is CC(C)n1cncc1CNC1CCc2ccccc2C1. The first-order valence-corrected chi connectivity index (χ1v) is 7.55. The van der Waals surface area contributed by atoms with Gasteiger partial charge < -0.3 is 9.88 Å². The number of hydrogen-bond acceptors (Lipinski definition) is 2. The van der Waals surface area contributed by atoms with Crippen LogP contribution in [0.5, 0.6) is 0 Å². The minimum absolute atomic E-state index is 0.474. The number of hydrogen-bond donors (Lipinski definition) is 1. The van der Waals surface area contributed by atoms with Crippen LogP contribution in [0.2, 0.25) is 0 Å². The first-order valence-electron chi connectivity index (χ1n) is 7.55. The molecule has 0 fully saturated rings. The van der Waals surface area contributed by atoms with E-state index in [0.29, 0.717) is 12.1 Å². The summed E-state index contributed by atoms with van der Waals surface area (Å²) < 4.78 is 2.24. The summed E-state index contributed by atoms with van der Waals surface area (Å²) in [5.74, 6) is 0. The Bertz CT molecular complexity index is 571. The minimum Gasteiger partial charge on any atom is -0.331 e. The highest BCUT2D eigenvalue weighted by molar-refractivity contribution is 5.30. The number of imidazole rings is 1. The zero-order valence-corrected chi connectivity index (χ0v) is 12.3. The average Bonchev–Trinajstić information content (AvgIpc) is 2.93. The van der Waals surface area contributed by atoms with Gasteiger partial charge in [-0.3, -0.25) is 0 Å². The predicted octanol–water partition coefficient (Wildman–Crippen LogP) is 3.11. The van der Waals surface area contributed by atoms with Crippen LogP contribution in [0.4, 0.5) is 0 Å². The highest BCUT2D eigenvalue weighted by Crippen LogP contribution is 2.21. The van der Waals surface area contributed by atoms with Crippen molar-refractivity contribution in [3.05, 3.63) is 53.6 Å². The van der Waals surface area contributed by atoms with E-state index in [1.807, 2.05) is 12.5 Å². The van der Waals surface area contributed by atoms with Crippen LogP contribution in [0.15, 0.2) is 36.8 Å². The van der Waals surface area contributed by atoms with Crippen molar-refractivity contribution in [1.82, 2.24) is 14.9 Å². The molecule has 0 radical (unpaired) electrons. The van der Waals surface area contributed by atoms with Crippen LogP contribution in [0.1, 0.15) is 43.1 Å². The largest absolute Gasteiger partial charge is 0.331 e. The quantitative estimate of drug-likeness (QED) is 0.924. The Kier molecular flexibility index (Phi) is 3.88. The normalized spacial score (nSPS) is 18.2. The molecule has 3 heteroatoms. The van der Waals surface area contributed by atoms with Gasteiger partial charge in [-0.25, -0.2) is 4.98 Å². The van der Waals surface area contributed by atoms with Crippen molar-refractivity contribution in [2.75, 3.05) is 0 Å². The topological polar surface area (TPSA) is 29.9 Å². The second-order valence-corrected chi connectivity index (χ2v) is 5.98. The molecule has 0 saturated carbocycles. The van der Waals surface area contributed by atoms with Gasteiger partial charge in [0, 0.05) is 24.8 Å². The number of nitrogens with one attached hydrogen (secondary N) is 1. The molecule has 0 spiro atoms. The smallest absolute Gasteiger partial charge is 0.0951 e. The second-order valence-electron chi connectivity index (χ2n) is 5.98. The fourth-order valence-electron chi connectivity index (χ4n) is 3.05. The van der Waals surface area contributed by atoms with Gasteiger partial charge in [-0.05, 0) is 44.2 Å². The summed E-state index contributed by atoms with van der Waals surface area (Å²) in [6.45, 7) is 5.30. The predicted molar refractivity (Wildman–Crippen MR) is 81.7 cm³/mol. The zero-order valence-electron chi connectivity index (χ0n) is 12.3. The van der Waals surface area contributed by atoms with E-state index < -0.39 is 0 Å². The number of nitrogens with zero attached hydrogens (tertiary/aromatic N) is 2. The molecule has 1 unspecified atom stereocenters. The van der Waals surface area contributed by atoms with Gasteiger partial charge >= 0.3 is 0 Å². The summed E-state index contributed by atoms with van der Waals surface area (Å²) in [4.78, 5) is 4.27. The molecule has 1 aromatic heterocycles. The molecule has 0 bridgehead atoms. The van der Waals surface area contributed by atoms with E-state index in [1.165, 1.54) is 29.7 Å². The molecule has 1 aromatic carbocycles. The third-order valence-electron chi connectivity index (χ3n) is 4.22. The van der Waals surface area contributed by atoms with Crippen molar-refractivity contribution >= 4 is 0 Å². The minimum atomic E-state index is 0.474. The van der Waals surface area contributed by atoms with E-state index in [-0.39, 0.29) is 0 Å². The van der Waals surface area contributed by atoms with Crippen molar-refractivity contribution in [2.45, 2.75) is 51.7 Å². The van der Waals surface area contributed by atoms with Crippen molar-refractivity contribution in [1.29, 1.82) is 0 Å². The Balaban J connectivity index is 1.61. The molecule has 20 heavy (non-hydrogen) atoms. The number of benzene rings is 1. The molecule has 2 aromatic rings. The van der Waals surface area contributed by atoms with Crippen molar-refractivity contribution in [2.24, 2.45) is 0 Å². The van der Waals surface area contributed by atoms with Crippen molar-refractivity contribution in [3.63, 3.8) is 0 Å². The van der Waals surface area contributed by atoms with Crippen LogP contribution in [0.25, 0.3) is 0 Å². The molecule has 1 aliphatic carbocycles. The lowest BCUT2D eigenvalue weighted by molar-refractivity contribution is 0.443. The van der Waals surface area contributed by atoms with Gasteiger partial charge in [-0.1, -0.05) is 24.3 Å². The summed E-state index contributed by atoms with van der Waals surface area (Å²) in [5, 5.41) is 3.70. The molecule has 106 valence electrons. The maximum atomic E-state index is 4.27. The van der Waals surface area contributed by atoms with Crippen LogP contribution in [0, 0.1) is 0 Å². The number of aryl methyl sites for hydroxylation is 1. The summed E-state index contributed by atoms with van der Waals surface area (Å²) in [6, 6.07) is 9.88. The molecule has 1 atom stereocenters. The van der Waals surface area contributed by atoms with Gasteiger partial charge in [-0.2, -0.15) is 0 Å². The first kappa shape index (κ1) is 13.4. The summed E-state index contributed by atoms with van der Waals surface area (Å²) in [5.41, 5.74) is 4.31. The molecular formula is C17H23N3. The lowest BCUT2D eigenvalue weighted by atomic mass is 9.88. The summed E-state index contributed by atoms with van der Waals surface area (Å²) in [6.07, 6.45) is 7.47. The van der Waals surface area contributed by atoms with Crippen molar-refractivity contribution in [3.8, 4) is 0 Å². The average molecular weight is 269 g/mol. The van der Waals surface area contributed by atoms with Gasteiger partial charge in [0.1, 0.15) is 0 Å². The zero-order chi connectivity index (χ0) is 13.9. The van der Waals surface area contributed by atoms with Gasteiger partial charge in [0.05, 0.1) is 12.0 Å². The van der Waals surface area contributed by atoms with E-state index in [2.05, 4.69) is 53.0 Å². The molecular weight excluding hydrogens is 246 g/mol. The lowest BCUT2D eigenvalue weighted by Crippen LogP contribution is -2.34. The van der Waals surface area contributed by atoms with Gasteiger partial charge in [0.25, 0.3) is 0 Å². The number of rotatable bonds is 4. The summed E-state index contributed by atoms with van der Waals surface area (Å²) in [7, 11) is 0. The molecule has 3 nitrogen and oxygen atoms in total. The fraction of sp³-hybridized carbons (Fsp3) is 0.471. The number of aromatic nitrogens is 2. The first-order chi connectivity index (χ1) is 9.74. The highest BCUT2D eigenvalue weighted by atomic mass is 15.1. The van der Waals surface area contributed by atoms with Crippen LogP contribution >= 0.6 is 0 Å². The third-order valence-corrected chi connectivity index (χ3v) is 4.22. The Morgan fingerprint density at radius 2 is 2.10 bits per heavy atom. The third kappa shape index (κ3) is 2.78. The Labute approximate surface area is 121 Å². The van der Waals surface area contributed by atoms with Gasteiger partial charge in [0.15, 0.2) is 0 Å². The Morgan fingerprint density at radius 3 is 2.90 bits per heavy atom. The van der Waals surface area contributed by atoms with E-state index >= 15 is 0 Å². The molecule has 3 rings (SSSR count). The van der Waals surface area contributed by atoms with E-state index in [1.54, 1.807) is 0 Å². The van der Waals surface area contributed by atoms with Crippen LogP contribution in [-0.2, 0) is 19.4 Å². The molecule has 1 aliphatic rings. The molecule has 0 aliphatic heterocycles. The maximum absolute atomic E-state index is 4.27. The van der Waals surface area contributed by atoms with Crippen LogP contribution < -0.4 is 5.32 Å². The Morgan fingerprint density at radius 1 is 1.30 bits per heavy atom. The van der Waals surface area contributed by atoms with Crippen LogP contribution in [0.3, 0.4) is 0 Å². The van der Waals surface area contributed by atoms with Crippen LogP contribution in [-0.4, -0.2) is 15.6 Å². The monoisotopic (exact) mass is 269 g/mol. The fourth-order valence-corrected chi connectivity index (χ4v) is 3.05. The highest BCUT2D eigenvalue weighted by Gasteiger charge is 2.18. The van der Waals surface area contributed by atoms with Gasteiger partial charge in [-0.15, -0.1) is 0 Å². The Hall–Kier alpha value is -1.61. The second kappa shape index (κ2) is 5.80. The molecule has 0 amide bonds. The molecule has 1 N–H and O–H groups in total.